The van der Waals surface area contributed by atoms with Gasteiger partial charge in [-0.05, 0) is 38.0 Å². The van der Waals surface area contributed by atoms with E-state index in [1.165, 1.54) is 19.3 Å². The predicted molar refractivity (Wildman–Crippen MR) is 80.6 cm³/mol. The van der Waals surface area contributed by atoms with Crippen molar-refractivity contribution in [2.24, 2.45) is 11.8 Å². The molecule has 0 radical (unpaired) electrons. The van der Waals surface area contributed by atoms with Crippen LogP contribution in [0.5, 0.6) is 0 Å². The first-order valence-corrected chi connectivity index (χ1v) is 7.51. The smallest absolute Gasteiger partial charge is 0.149 e. The van der Waals surface area contributed by atoms with Crippen LogP contribution in [0.15, 0.2) is 12.4 Å². The average molecular weight is 262 g/mol. The molecule has 1 saturated heterocycles. The number of aromatic nitrogens is 2. The van der Waals surface area contributed by atoms with Crippen LogP contribution in [0, 0.1) is 11.8 Å². The molecule has 1 aliphatic rings. The van der Waals surface area contributed by atoms with Gasteiger partial charge >= 0.3 is 0 Å². The Morgan fingerprint density at radius 2 is 2.16 bits per heavy atom. The molecular weight excluding hydrogens is 236 g/mol. The summed E-state index contributed by atoms with van der Waals surface area (Å²) in [6.07, 6.45) is 7.55. The zero-order valence-corrected chi connectivity index (χ0v) is 12.4. The van der Waals surface area contributed by atoms with Crippen LogP contribution in [0.3, 0.4) is 0 Å². The standard InChI is InChI=1S/C15H26N4/c1-4-17-14-10-16-11-15(18-14)19-8-5-6-13(7-9-19)12(2)3/h10-13H,4-9H2,1-3H3,(H,17,18). The van der Waals surface area contributed by atoms with Gasteiger partial charge in [-0.3, -0.25) is 4.98 Å². The highest BCUT2D eigenvalue weighted by molar-refractivity contribution is 5.43. The van der Waals surface area contributed by atoms with E-state index < -0.39 is 0 Å². The Morgan fingerprint density at radius 1 is 1.32 bits per heavy atom. The molecule has 1 aromatic rings. The molecule has 19 heavy (non-hydrogen) atoms. The van der Waals surface area contributed by atoms with Gasteiger partial charge in [-0.2, -0.15) is 0 Å². The molecule has 2 rings (SSSR count). The van der Waals surface area contributed by atoms with Gasteiger partial charge < -0.3 is 10.2 Å². The van der Waals surface area contributed by atoms with Crippen molar-refractivity contribution in [2.45, 2.75) is 40.0 Å². The van der Waals surface area contributed by atoms with Crippen molar-refractivity contribution >= 4 is 11.6 Å². The summed E-state index contributed by atoms with van der Waals surface area (Å²) >= 11 is 0. The number of anilines is 2. The fraction of sp³-hybridized carbons (Fsp3) is 0.733. The Kier molecular flexibility index (Phi) is 5.00. The lowest BCUT2D eigenvalue weighted by Gasteiger charge is -2.22. The van der Waals surface area contributed by atoms with Crippen LogP contribution < -0.4 is 10.2 Å². The van der Waals surface area contributed by atoms with Crippen LogP contribution in [0.4, 0.5) is 11.6 Å². The second-order valence-electron chi connectivity index (χ2n) is 5.71. The largest absolute Gasteiger partial charge is 0.369 e. The summed E-state index contributed by atoms with van der Waals surface area (Å²) in [5, 5.41) is 3.23. The van der Waals surface area contributed by atoms with E-state index in [1.54, 1.807) is 6.20 Å². The number of hydrogen-bond donors (Lipinski definition) is 1. The molecule has 1 fully saturated rings. The quantitative estimate of drug-likeness (QED) is 0.905. The summed E-state index contributed by atoms with van der Waals surface area (Å²) in [5.74, 6) is 3.54. The zero-order valence-electron chi connectivity index (χ0n) is 12.4. The molecule has 0 spiro atoms. The van der Waals surface area contributed by atoms with Crippen molar-refractivity contribution < 1.29 is 0 Å². The molecule has 1 N–H and O–H groups in total. The number of nitrogens with zero attached hydrogens (tertiary/aromatic N) is 3. The highest BCUT2D eigenvalue weighted by Crippen LogP contribution is 2.26. The normalized spacial score (nSPS) is 20.4. The third-order valence-corrected chi connectivity index (χ3v) is 4.02. The fourth-order valence-corrected chi connectivity index (χ4v) is 2.79. The monoisotopic (exact) mass is 262 g/mol. The van der Waals surface area contributed by atoms with Crippen LogP contribution in [0.1, 0.15) is 40.0 Å². The summed E-state index contributed by atoms with van der Waals surface area (Å²) in [4.78, 5) is 11.3. The molecule has 1 atom stereocenters. The van der Waals surface area contributed by atoms with Crippen LogP contribution in [0.2, 0.25) is 0 Å². The lowest BCUT2D eigenvalue weighted by atomic mass is 9.89. The van der Waals surface area contributed by atoms with Gasteiger partial charge in [-0.15, -0.1) is 0 Å². The van der Waals surface area contributed by atoms with E-state index in [9.17, 15) is 0 Å². The lowest BCUT2D eigenvalue weighted by molar-refractivity contribution is 0.351. The van der Waals surface area contributed by atoms with E-state index in [-0.39, 0.29) is 0 Å². The van der Waals surface area contributed by atoms with Crippen molar-refractivity contribution in [2.75, 3.05) is 29.9 Å². The van der Waals surface area contributed by atoms with Gasteiger partial charge in [0, 0.05) is 19.6 Å². The second-order valence-corrected chi connectivity index (χ2v) is 5.71. The van der Waals surface area contributed by atoms with E-state index in [1.807, 2.05) is 6.20 Å². The first-order chi connectivity index (χ1) is 9.20. The average Bonchev–Trinajstić information content (AvgIpc) is 2.65. The second kappa shape index (κ2) is 6.73. The first kappa shape index (κ1) is 14.1. The molecule has 1 aromatic heterocycles. The summed E-state index contributed by atoms with van der Waals surface area (Å²) < 4.78 is 0. The fourth-order valence-electron chi connectivity index (χ4n) is 2.79. The molecule has 4 nitrogen and oxygen atoms in total. The topological polar surface area (TPSA) is 41.1 Å². The number of hydrogen-bond acceptors (Lipinski definition) is 4. The third-order valence-electron chi connectivity index (χ3n) is 4.02. The highest BCUT2D eigenvalue weighted by atomic mass is 15.2. The lowest BCUT2D eigenvalue weighted by Crippen LogP contribution is -2.26. The summed E-state index contributed by atoms with van der Waals surface area (Å²) in [7, 11) is 0. The molecular formula is C15H26N4. The molecule has 0 aliphatic carbocycles. The van der Waals surface area contributed by atoms with E-state index in [0.29, 0.717) is 0 Å². The minimum absolute atomic E-state index is 0.791. The van der Waals surface area contributed by atoms with Crippen molar-refractivity contribution in [3.8, 4) is 0 Å². The van der Waals surface area contributed by atoms with Gasteiger partial charge in [0.1, 0.15) is 11.6 Å². The predicted octanol–water partition coefficient (Wildman–Crippen LogP) is 3.17. The molecule has 2 heterocycles. The van der Waals surface area contributed by atoms with E-state index >= 15 is 0 Å². The Labute approximate surface area is 116 Å². The van der Waals surface area contributed by atoms with Gasteiger partial charge in [0.2, 0.25) is 0 Å². The maximum absolute atomic E-state index is 4.65. The van der Waals surface area contributed by atoms with Gasteiger partial charge in [-0.1, -0.05) is 13.8 Å². The minimum Gasteiger partial charge on any atom is -0.369 e. The number of rotatable bonds is 4. The van der Waals surface area contributed by atoms with Gasteiger partial charge in [0.15, 0.2) is 0 Å². The van der Waals surface area contributed by atoms with E-state index in [2.05, 4.69) is 41.0 Å². The minimum atomic E-state index is 0.791. The molecule has 0 amide bonds. The Bertz CT molecular complexity index is 391. The van der Waals surface area contributed by atoms with Crippen molar-refractivity contribution in [3.63, 3.8) is 0 Å². The van der Waals surface area contributed by atoms with Gasteiger partial charge in [0.05, 0.1) is 12.4 Å². The molecule has 0 bridgehead atoms. The van der Waals surface area contributed by atoms with Crippen LogP contribution >= 0.6 is 0 Å². The summed E-state index contributed by atoms with van der Waals surface area (Å²) in [6, 6.07) is 0. The molecule has 1 unspecified atom stereocenters. The zero-order chi connectivity index (χ0) is 13.7. The van der Waals surface area contributed by atoms with Crippen LogP contribution in [-0.2, 0) is 0 Å². The molecule has 106 valence electrons. The van der Waals surface area contributed by atoms with Crippen molar-refractivity contribution in [1.82, 2.24) is 9.97 Å². The molecule has 0 aromatic carbocycles. The Morgan fingerprint density at radius 3 is 2.89 bits per heavy atom. The maximum Gasteiger partial charge on any atom is 0.149 e. The van der Waals surface area contributed by atoms with Crippen molar-refractivity contribution in [3.05, 3.63) is 12.4 Å². The first-order valence-electron chi connectivity index (χ1n) is 7.51. The SMILES string of the molecule is CCNc1cncc(N2CCCC(C(C)C)CC2)n1. The van der Waals surface area contributed by atoms with Crippen LogP contribution in [-0.4, -0.2) is 29.6 Å². The third kappa shape index (κ3) is 3.82. The molecule has 4 heteroatoms. The van der Waals surface area contributed by atoms with Crippen LogP contribution in [0.25, 0.3) is 0 Å². The maximum atomic E-state index is 4.65. The van der Waals surface area contributed by atoms with E-state index in [0.717, 1.165) is 43.1 Å². The van der Waals surface area contributed by atoms with Crippen molar-refractivity contribution in [1.29, 1.82) is 0 Å². The molecule has 0 saturated carbocycles. The van der Waals surface area contributed by atoms with Gasteiger partial charge in [-0.25, -0.2) is 4.98 Å². The summed E-state index contributed by atoms with van der Waals surface area (Å²) in [5.41, 5.74) is 0. The Balaban J connectivity index is 2.03. The highest BCUT2D eigenvalue weighted by Gasteiger charge is 2.20. The summed E-state index contributed by atoms with van der Waals surface area (Å²) in [6.45, 7) is 9.85. The Hall–Kier alpha value is -1.32. The van der Waals surface area contributed by atoms with E-state index in [4.69, 9.17) is 0 Å². The number of nitrogens with one attached hydrogen (secondary N) is 1. The van der Waals surface area contributed by atoms with Gasteiger partial charge in [0.25, 0.3) is 0 Å². The molecule has 1 aliphatic heterocycles.